The third kappa shape index (κ3) is 4.22. The summed E-state index contributed by atoms with van der Waals surface area (Å²) in [6.45, 7) is 1.26. The molecule has 1 aliphatic heterocycles. The molecule has 0 bridgehead atoms. The lowest BCUT2D eigenvalue weighted by Gasteiger charge is -2.17. The Hall–Kier alpha value is -1.28. The van der Waals surface area contributed by atoms with Gasteiger partial charge in [-0.3, -0.25) is 0 Å². The van der Waals surface area contributed by atoms with Gasteiger partial charge < -0.3 is 4.90 Å². The van der Waals surface area contributed by atoms with Crippen molar-refractivity contribution in [1.29, 1.82) is 0 Å². The molecule has 0 unspecified atom stereocenters. The molecule has 0 aliphatic carbocycles. The van der Waals surface area contributed by atoms with Crippen LogP contribution >= 0.6 is 35.0 Å². The molecule has 3 rings (SSSR count). The van der Waals surface area contributed by atoms with Gasteiger partial charge >= 0.3 is 0 Å². The van der Waals surface area contributed by atoms with Gasteiger partial charge in [0.15, 0.2) is 5.17 Å². The number of pyridine rings is 1. The lowest BCUT2D eigenvalue weighted by molar-refractivity contribution is 0.456. The summed E-state index contributed by atoms with van der Waals surface area (Å²) in [7, 11) is -3.76. The molecule has 1 aromatic carbocycles. The topological polar surface area (TPSA) is 62.6 Å². The number of halogens is 2. The van der Waals surface area contributed by atoms with Gasteiger partial charge in [0, 0.05) is 30.1 Å². The van der Waals surface area contributed by atoms with Crippen molar-refractivity contribution in [2.45, 2.75) is 11.4 Å². The molecule has 9 heteroatoms. The van der Waals surface area contributed by atoms with Gasteiger partial charge in [-0.05, 0) is 35.9 Å². The number of sulfonamides is 1. The molecule has 1 aliphatic rings. The van der Waals surface area contributed by atoms with Gasteiger partial charge in [-0.1, -0.05) is 41.0 Å². The first-order valence-corrected chi connectivity index (χ1v) is 10.2. The van der Waals surface area contributed by atoms with Crippen LogP contribution in [0.3, 0.4) is 0 Å². The van der Waals surface area contributed by atoms with Crippen LogP contribution in [0.5, 0.6) is 0 Å². The Morgan fingerprint density at radius 2 is 1.92 bits per heavy atom. The van der Waals surface area contributed by atoms with E-state index in [1.165, 1.54) is 36.0 Å². The minimum absolute atomic E-state index is 0.125. The molecule has 1 saturated heterocycles. The normalized spacial score (nSPS) is 16.8. The van der Waals surface area contributed by atoms with Crippen LogP contribution < -0.4 is 0 Å². The molecule has 0 amide bonds. The maximum Gasteiger partial charge on any atom is 0.284 e. The van der Waals surface area contributed by atoms with Crippen LogP contribution in [-0.2, 0) is 16.6 Å². The first kappa shape index (κ1) is 17.5. The highest BCUT2D eigenvalue weighted by atomic mass is 35.5. The van der Waals surface area contributed by atoms with E-state index < -0.39 is 10.0 Å². The van der Waals surface area contributed by atoms with Gasteiger partial charge in [0.2, 0.25) is 0 Å². The molecule has 1 fully saturated rings. The first-order valence-electron chi connectivity index (χ1n) is 7.03. The fourth-order valence-electron chi connectivity index (χ4n) is 2.15. The molecule has 2 aromatic rings. The van der Waals surface area contributed by atoms with E-state index in [0.29, 0.717) is 21.9 Å². The van der Waals surface area contributed by atoms with Crippen molar-refractivity contribution in [2.24, 2.45) is 4.40 Å². The summed E-state index contributed by atoms with van der Waals surface area (Å²) in [4.78, 5) is 6.08. The lowest BCUT2D eigenvalue weighted by Crippen LogP contribution is -2.24. The van der Waals surface area contributed by atoms with Crippen LogP contribution in [-0.4, -0.2) is 35.8 Å². The highest BCUT2D eigenvalue weighted by Crippen LogP contribution is 2.24. The third-order valence-electron chi connectivity index (χ3n) is 3.33. The second-order valence-corrected chi connectivity index (χ2v) is 8.55. The summed E-state index contributed by atoms with van der Waals surface area (Å²) < 4.78 is 28.9. The molecule has 2 heterocycles. The Kier molecular flexibility index (Phi) is 5.34. The SMILES string of the molecule is O=S(=O)(N=C1SCCN1Cc1ccc(Cl)nc1)c1ccc(Cl)cc1. The molecule has 0 radical (unpaired) electrons. The van der Waals surface area contributed by atoms with Crippen LogP contribution in [0, 0.1) is 0 Å². The Labute approximate surface area is 154 Å². The molecular formula is C15H13Cl2N3O2S2. The second-order valence-electron chi connectivity index (χ2n) is 5.06. The Balaban J connectivity index is 1.82. The fraction of sp³-hybridized carbons (Fsp3) is 0.200. The van der Waals surface area contributed by atoms with E-state index in [4.69, 9.17) is 23.2 Å². The summed E-state index contributed by atoms with van der Waals surface area (Å²) in [5, 5.41) is 1.39. The van der Waals surface area contributed by atoms with Crippen molar-refractivity contribution in [1.82, 2.24) is 9.88 Å². The monoisotopic (exact) mass is 401 g/mol. The van der Waals surface area contributed by atoms with E-state index in [1.807, 2.05) is 11.0 Å². The highest BCUT2D eigenvalue weighted by molar-refractivity contribution is 8.14. The van der Waals surface area contributed by atoms with E-state index in [1.54, 1.807) is 12.3 Å². The van der Waals surface area contributed by atoms with Gasteiger partial charge in [-0.15, -0.1) is 4.40 Å². The van der Waals surface area contributed by atoms with Crippen molar-refractivity contribution >= 4 is 50.2 Å². The number of amidine groups is 1. The molecule has 1 aromatic heterocycles. The number of hydrogen-bond donors (Lipinski definition) is 0. The number of thioether (sulfide) groups is 1. The minimum Gasteiger partial charge on any atom is -0.345 e. The van der Waals surface area contributed by atoms with Crippen LogP contribution in [0.2, 0.25) is 10.2 Å². The van der Waals surface area contributed by atoms with Crippen molar-refractivity contribution in [3.8, 4) is 0 Å². The molecular weight excluding hydrogens is 389 g/mol. The predicted octanol–water partition coefficient (Wildman–Crippen LogP) is 3.68. The van der Waals surface area contributed by atoms with Gasteiger partial charge in [0.25, 0.3) is 10.0 Å². The van der Waals surface area contributed by atoms with Crippen LogP contribution in [0.4, 0.5) is 0 Å². The molecule has 0 spiro atoms. The van der Waals surface area contributed by atoms with E-state index >= 15 is 0 Å². The Morgan fingerprint density at radius 3 is 2.58 bits per heavy atom. The first-order chi connectivity index (χ1) is 11.4. The minimum atomic E-state index is -3.76. The zero-order valence-electron chi connectivity index (χ0n) is 12.4. The maximum atomic E-state index is 12.4. The number of nitrogens with zero attached hydrogens (tertiary/aromatic N) is 3. The van der Waals surface area contributed by atoms with Crippen LogP contribution in [0.15, 0.2) is 51.9 Å². The number of benzene rings is 1. The van der Waals surface area contributed by atoms with Gasteiger partial charge in [0.1, 0.15) is 5.15 Å². The molecule has 0 atom stereocenters. The maximum absolute atomic E-state index is 12.4. The summed E-state index contributed by atoms with van der Waals surface area (Å²) in [6.07, 6.45) is 1.68. The standard InChI is InChI=1S/C15H13Cl2N3O2S2/c16-12-2-4-13(5-3-12)24(21,22)19-15-20(7-8-23-15)10-11-1-6-14(17)18-9-11/h1-6,9H,7-8,10H2. The van der Waals surface area contributed by atoms with Crippen molar-refractivity contribution in [3.05, 3.63) is 58.3 Å². The second kappa shape index (κ2) is 7.31. The Morgan fingerprint density at radius 1 is 1.17 bits per heavy atom. The molecule has 5 nitrogen and oxygen atoms in total. The zero-order valence-corrected chi connectivity index (χ0v) is 15.5. The van der Waals surface area contributed by atoms with Crippen LogP contribution in [0.1, 0.15) is 5.56 Å². The molecule has 0 saturated carbocycles. The van der Waals surface area contributed by atoms with Crippen molar-refractivity contribution < 1.29 is 8.42 Å². The van der Waals surface area contributed by atoms with E-state index in [-0.39, 0.29) is 4.90 Å². The number of rotatable bonds is 4. The van der Waals surface area contributed by atoms with Crippen molar-refractivity contribution in [2.75, 3.05) is 12.3 Å². The summed E-state index contributed by atoms with van der Waals surface area (Å²) >= 11 is 13.0. The Bertz CT molecular complexity index is 853. The largest absolute Gasteiger partial charge is 0.345 e. The summed E-state index contributed by atoms with van der Waals surface area (Å²) in [5.74, 6) is 0.788. The average molecular weight is 402 g/mol. The van der Waals surface area contributed by atoms with Crippen LogP contribution in [0.25, 0.3) is 0 Å². The van der Waals surface area contributed by atoms with E-state index in [9.17, 15) is 8.42 Å². The fourth-order valence-corrected chi connectivity index (χ4v) is 4.63. The molecule has 24 heavy (non-hydrogen) atoms. The summed E-state index contributed by atoms with van der Waals surface area (Å²) in [6, 6.07) is 9.55. The third-order valence-corrected chi connectivity index (χ3v) is 6.20. The van der Waals surface area contributed by atoms with E-state index in [0.717, 1.165) is 17.9 Å². The number of hydrogen-bond acceptors (Lipinski definition) is 4. The number of aromatic nitrogens is 1. The van der Waals surface area contributed by atoms with Gasteiger partial charge in [-0.25, -0.2) is 4.98 Å². The summed E-state index contributed by atoms with van der Waals surface area (Å²) in [5.41, 5.74) is 0.943. The predicted molar refractivity (Wildman–Crippen MR) is 98.2 cm³/mol. The smallest absolute Gasteiger partial charge is 0.284 e. The molecule has 126 valence electrons. The van der Waals surface area contributed by atoms with Gasteiger partial charge in [0.05, 0.1) is 4.90 Å². The zero-order chi connectivity index (χ0) is 17.2. The molecule has 0 N–H and O–H groups in total. The van der Waals surface area contributed by atoms with Crippen molar-refractivity contribution in [3.63, 3.8) is 0 Å². The highest BCUT2D eigenvalue weighted by Gasteiger charge is 2.23. The lowest BCUT2D eigenvalue weighted by atomic mass is 10.3. The quantitative estimate of drug-likeness (QED) is 0.731. The van der Waals surface area contributed by atoms with E-state index in [2.05, 4.69) is 9.38 Å². The van der Waals surface area contributed by atoms with Gasteiger partial charge in [-0.2, -0.15) is 8.42 Å². The average Bonchev–Trinajstić information content (AvgIpc) is 2.96.